The Hall–Kier alpha value is -2.63. The lowest BCUT2D eigenvalue weighted by atomic mass is 10.2. The molecule has 0 unspecified atom stereocenters. The molecule has 1 aromatic heterocycles. The van der Waals surface area contributed by atoms with Gasteiger partial charge in [-0.25, -0.2) is 9.97 Å². The fourth-order valence-corrected chi connectivity index (χ4v) is 2.63. The van der Waals surface area contributed by atoms with E-state index in [2.05, 4.69) is 25.5 Å². The maximum absolute atomic E-state index is 6.08. The monoisotopic (exact) mass is 367 g/mol. The highest BCUT2D eigenvalue weighted by molar-refractivity contribution is 6.30. The number of likely N-dealkylation sites (N-methyl/N-ethyl adjacent to an activating group) is 1. The quantitative estimate of drug-likeness (QED) is 0.643. The number of halogens is 1. The molecule has 6 heteroatoms. The van der Waals surface area contributed by atoms with Crippen LogP contribution in [0.3, 0.4) is 0 Å². The molecule has 0 aliphatic heterocycles. The molecule has 0 saturated carbocycles. The van der Waals surface area contributed by atoms with Gasteiger partial charge in [0.2, 0.25) is 0 Å². The number of nitrogens with one attached hydrogen (secondary N) is 2. The van der Waals surface area contributed by atoms with E-state index in [1.807, 2.05) is 74.8 Å². The lowest BCUT2D eigenvalue weighted by molar-refractivity contribution is 0.425. The van der Waals surface area contributed by atoms with Gasteiger partial charge in [-0.05, 0) is 32.3 Å². The third-order valence-electron chi connectivity index (χ3n) is 3.72. The Kier molecular flexibility index (Phi) is 6.04. The van der Waals surface area contributed by atoms with Crippen LogP contribution in [0.1, 0.15) is 0 Å². The minimum absolute atomic E-state index is 0.671. The van der Waals surface area contributed by atoms with Crippen molar-refractivity contribution in [1.82, 2.24) is 14.9 Å². The first-order valence-corrected chi connectivity index (χ1v) is 8.83. The molecular weight excluding hydrogens is 346 g/mol. The van der Waals surface area contributed by atoms with E-state index < -0.39 is 0 Å². The first-order chi connectivity index (χ1) is 12.6. The van der Waals surface area contributed by atoms with Gasteiger partial charge in [0.05, 0.1) is 0 Å². The first-order valence-electron chi connectivity index (χ1n) is 8.46. The zero-order valence-corrected chi connectivity index (χ0v) is 15.7. The SMILES string of the molecule is CN(C)CCNc1cc(Nc2cccc(Cl)c2)nc(-c2ccccc2)n1. The number of hydrogen-bond acceptors (Lipinski definition) is 5. The number of rotatable bonds is 7. The summed E-state index contributed by atoms with van der Waals surface area (Å²) in [6.07, 6.45) is 0. The molecule has 0 saturated heterocycles. The molecule has 0 bridgehead atoms. The zero-order chi connectivity index (χ0) is 18.4. The number of hydrogen-bond donors (Lipinski definition) is 2. The fraction of sp³-hybridized carbons (Fsp3) is 0.200. The van der Waals surface area contributed by atoms with Crippen molar-refractivity contribution in [2.75, 3.05) is 37.8 Å². The van der Waals surface area contributed by atoms with Crippen LogP contribution in [-0.2, 0) is 0 Å². The predicted octanol–water partition coefficient (Wildman–Crippen LogP) is 4.51. The predicted molar refractivity (Wildman–Crippen MR) is 109 cm³/mol. The van der Waals surface area contributed by atoms with Crippen LogP contribution >= 0.6 is 11.6 Å². The molecule has 0 radical (unpaired) electrons. The molecule has 26 heavy (non-hydrogen) atoms. The topological polar surface area (TPSA) is 53.1 Å². The van der Waals surface area contributed by atoms with Gasteiger partial charge in [0, 0.05) is 35.4 Å². The molecule has 0 atom stereocenters. The minimum Gasteiger partial charge on any atom is -0.369 e. The van der Waals surface area contributed by atoms with Gasteiger partial charge in [-0.1, -0.05) is 48.0 Å². The molecule has 2 N–H and O–H groups in total. The van der Waals surface area contributed by atoms with E-state index >= 15 is 0 Å². The second-order valence-electron chi connectivity index (χ2n) is 6.19. The van der Waals surface area contributed by atoms with Gasteiger partial charge in [0.25, 0.3) is 0 Å². The van der Waals surface area contributed by atoms with Crippen molar-refractivity contribution in [2.45, 2.75) is 0 Å². The molecule has 134 valence electrons. The van der Waals surface area contributed by atoms with E-state index in [-0.39, 0.29) is 0 Å². The van der Waals surface area contributed by atoms with Gasteiger partial charge < -0.3 is 15.5 Å². The Bertz CT molecular complexity index is 852. The maximum Gasteiger partial charge on any atom is 0.163 e. The molecule has 0 spiro atoms. The minimum atomic E-state index is 0.671. The van der Waals surface area contributed by atoms with E-state index in [4.69, 9.17) is 11.6 Å². The average molecular weight is 368 g/mol. The Morgan fingerprint density at radius 3 is 2.42 bits per heavy atom. The Morgan fingerprint density at radius 2 is 1.69 bits per heavy atom. The third kappa shape index (κ3) is 5.18. The maximum atomic E-state index is 6.08. The normalized spacial score (nSPS) is 10.8. The number of nitrogens with zero attached hydrogens (tertiary/aromatic N) is 3. The molecule has 5 nitrogen and oxygen atoms in total. The van der Waals surface area contributed by atoms with Crippen molar-refractivity contribution in [3.8, 4) is 11.4 Å². The molecular formula is C20H22ClN5. The standard InChI is InChI=1S/C20H22ClN5/c1-26(2)12-11-22-18-14-19(23-17-10-6-9-16(21)13-17)25-20(24-18)15-7-4-3-5-8-15/h3-10,13-14H,11-12H2,1-2H3,(H2,22,23,24,25). The van der Waals surface area contributed by atoms with Crippen molar-refractivity contribution < 1.29 is 0 Å². The van der Waals surface area contributed by atoms with Gasteiger partial charge >= 0.3 is 0 Å². The Morgan fingerprint density at radius 1 is 0.923 bits per heavy atom. The highest BCUT2D eigenvalue weighted by Gasteiger charge is 2.08. The summed E-state index contributed by atoms with van der Waals surface area (Å²) in [7, 11) is 4.09. The highest BCUT2D eigenvalue weighted by Crippen LogP contribution is 2.24. The highest BCUT2D eigenvalue weighted by atomic mass is 35.5. The summed E-state index contributed by atoms with van der Waals surface area (Å²) in [5, 5.41) is 7.35. The molecule has 0 fully saturated rings. The van der Waals surface area contributed by atoms with E-state index in [0.29, 0.717) is 16.7 Å². The molecule has 0 aliphatic carbocycles. The molecule has 2 aromatic carbocycles. The van der Waals surface area contributed by atoms with Crippen molar-refractivity contribution >= 4 is 28.9 Å². The lowest BCUT2D eigenvalue weighted by Crippen LogP contribution is -2.21. The van der Waals surface area contributed by atoms with Crippen LogP contribution in [-0.4, -0.2) is 42.1 Å². The van der Waals surface area contributed by atoms with Crippen LogP contribution in [0.15, 0.2) is 60.7 Å². The molecule has 3 aromatic rings. The van der Waals surface area contributed by atoms with Crippen LogP contribution < -0.4 is 10.6 Å². The molecule has 0 amide bonds. The summed E-state index contributed by atoms with van der Waals surface area (Å²) in [5.74, 6) is 2.17. The summed E-state index contributed by atoms with van der Waals surface area (Å²) < 4.78 is 0. The summed E-state index contributed by atoms with van der Waals surface area (Å²) in [4.78, 5) is 11.4. The first kappa shape index (κ1) is 18.2. The van der Waals surface area contributed by atoms with Crippen molar-refractivity contribution in [2.24, 2.45) is 0 Å². The van der Waals surface area contributed by atoms with Crippen LogP contribution in [0.2, 0.25) is 5.02 Å². The summed E-state index contributed by atoms with van der Waals surface area (Å²) in [6, 6.07) is 19.4. The summed E-state index contributed by atoms with van der Waals surface area (Å²) >= 11 is 6.08. The van der Waals surface area contributed by atoms with E-state index in [0.717, 1.165) is 30.2 Å². The van der Waals surface area contributed by atoms with Gasteiger partial charge in [0.15, 0.2) is 5.82 Å². The molecule has 0 aliphatic rings. The van der Waals surface area contributed by atoms with E-state index in [1.165, 1.54) is 0 Å². The van der Waals surface area contributed by atoms with Gasteiger partial charge in [-0.3, -0.25) is 0 Å². The van der Waals surface area contributed by atoms with Gasteiger partial charge in [-0.2, -0.15) is 0 Å². The van der Waals surface area contributed by atoms with Gasteiger partial charge in [0.1, 0.15) is 11.6 Å². The second-order valence-corrected chi connectivity index (χ2v) is 6.63. The number of benzene rings is 2. The van der Waals surface area contributed by atoms with Crippen molar-refractivity contribution in [3.63, 3.8) is 0 Å². The van der Waals surface area contributed by atoms with Crippen LogP contribution in [0.5, 0.6) is 0 Å². The van der Waals surface area contributed by atoms with Crippen molar-refractivity contribution in [3.05, 3.63) is 65.7 Å². The number of aromatic nitrogens is 2. The van der Waals surface area contributed by atoms with Crippen molar-refractivity contribution in [1.29, 1.82) is 0 Å². The van der Waals surface area contributed by atoms with E-state index in [1.54, 1.807) is 0 Å². The molecule has 3 rings (SSSR count). The summed E-state index contributed by atoms with van der Waals surface area (Å²) in [6.45, 7) is 1.72. The Labute approximate surface area is 159 Å². The zero-order valence-electron chi connectivity index (χ0n) is 14.9. The smallest absolute Gasteiger partial charge is 0.163 e. The third-order valence-corrected chi connectivity index (χ3v) is 3.96. The fourth-order valence-electron chi connectivity index (χ4n) is 2.44. The summed E-state index contributed by atoms with van der Waals surface area (Å²) in [5.41, 5.74) is 1.85. The van der Waals surface area contributed by atoms with E-state index in [9.17, 15) is 0 Å². The van der Waals surface area contributed by atoms with Crippen LogP contribution in [0, 0.1) is 0 Å². The van der Waals surface area contributed by atoms with Crippen LogP contribution in [0.25, 0.3) is 11.4 Å². The lowest BCUT2D eigenvalue weighted by Gasteiger charge is -2.13. The average Bonchev–Trinajstić information content (AvgIpc) is 2.62. The van der Waals surface area contributed by atoms with Gasteiger partial charge in [-0.15, -0.1) is 0 Å². The largest absolute Gasteiger partial charge is 0.369 e. The molecule has 1 heterocycles. The Balaban J connectivity index is 1.89. The van der Waals surface area contributed by atoms with Crippen LogP contribution in [0.4, 0.5) is 17.3 Å². The number of anilines is 3. The second kappa shape index (κ2) is 8.65.